The Labute approximate surface area is 154 Å². The van der Waals surface area contributed by atoms with E-state index in [1.165, 1.54) is 30.3 Å². The van der Waals surface area contributed by atoms with Gasteiger partial charge in [-0.15, -0.1) is 10.2 Å². The highest BCUT2D eigenvalue weighted by atomic mass is 19.4. The van der Waals surface area contributed by atoms with Gasteiger partial charge in [0.1, 0.15) is 0 Å². The number of benzene rings is 1. The van der Waals surface area contributed by atoms with Crippen LogP contribution in [0.4, 0.5) is 18.9 Å². The monoisotopic (exact) mass is 395 g/mol. The molecule has 0 aliphatic heterocycles. The second-order valence-electron chi connectivity index (χ2n) is 5.55. The minimum atomic E-state index is -4.53. The molecule has 2 heterocycles. The van der Waals surface area contributed by atoms with E-state index in [0.717, 1.165) is 16.7 Å². The third-order valence-corrected chi connectivity index (χ3v) is 3.66. The van der Waals surface area contributed by atoms with Crippen LogP contribution in [-0.2, 0) is 17.5 Å². The van der Waals surface area contributed by atoms with Gasteiger partial charge in [0.2, 0.25) is 0 Å². The molecule has 146 valence electrons. The molecule has 12 heteroatoms. The smallest absolute Gasteiger partial charge is 0.417 e. The highest BCUT2D eigenvalue weighted by Crippen LogP contribution is 2.29. The number of nitro benzene ring substituents is 1. The first-order chi connectivity index (χ1) is 13.3. The molecule has 3 aromatic rings. The molecule has 0 saturated heterocycles. The Kier molecular flexibility index (Phi) is 5.11. The topological polar surface area (TPSA) is 112 Å². The molecule has 0 unspecified atom stereocenters. The van der Waals surface area contributed by atoms with Crippen LogP contribution in [0.3, 0.4) is 0 Å². The normalized spacial score (nSPS) is 11.4. The molecule has 28 heavy (non-hydrogen) atoms. The van der Waals surface area contributed by atoms with E-state index in [-0.39, 0.29) is 29.5 Å². The van der Waals surface area contributed by atoms with Crippen molar-refractivity contribution < 1.29 is 27.6 Å². The second-order valence-corrected chi connectivity index (χ2v) is 5.55. The van der Waals surface area contributed by atoms with Gasteiger partial charge >= 0.3 is 11.9 Å². The number of carbonyl (C=O) groups excluding carboxylic acids is 1. The molecule has 0 aliphatic rings. The zero-order valence-corrected chi connectivity index (χ0v) is 14.0. The van der Waals surface area contributed by atoms with Gasteiger partial charge in [-0.2, -0.15) is 13.2 Å². The predicted octanol–water partition coefficient (Wildman–Crippen LogP) is 2.35. The summed E-state index contributed by atoms with van der Waals surface area (Å²) in [6.07, 6.45) is -3.70. The third kappa shape index (κ3) is 4.16. The summed E-state index contributed by atoms with van der Waals surface area (Å²) in [5.41, 5.74) is -0.987. The standard InChI is InChI=1S/C16H12F3N5O4/c17-16(18,19)10-5-6-13-21-22-14(23(13)8-10)7-20-15(25)9-28-12-4-2-1-3-11(12)24(26)27/h1-6,8H,7,9H2,(H,20,25). The lowest BCUT2D eigenvalue weighted by atomic mass is 10.3. The van der Waals surface area contributed by atoms with Crippen LogP contribution in [0.1, 0.15) is 11.4 Å². The van der Waals surface area contributed by atoms with E-state index in [0.29, 0.717) is 0 Å². The molecule has 0 saturated carbocycles. The van der Waals surface area contributed by atoms with Crippen LogP contribution < -0.4 is 10.1 Å². The van der Waals surface area contributed by atoms with Gasteiger partial charge in [0.15, 0.2) is 23.8 Å². The number of aromatic nitrogens is 3. The van der Waals surface area contributed by atoms with Crippen LogP contribution in [-0.4, -0.2) is 32.0 Å². The van der Waals surface area contributed by atoms with Gasteiger partial charge in [-0.25, -0.2) is 0 Å². The summed E-state index contributed by atoms with van der Waals surface area (Å²) >= 11 is 0. The number of nitrogens with one attached hydrogen (secondary N) is 1. The molecule has 1 aromatic carbocycles. The Morgan fingerprint density at radius 1 is 1.21 bits per heavy atom. The number of nitro groups is 1. The van der Waals surface area contributed by atoms with Crippen LogP contribution in [0.5, 0.6) is 5.75 Å². The number of alkyl halides is 3. The Morgan fingerprint density at radius 2 is 1.96 bits per heavy atom. The number of nitrogens with zero attached hydrogens (tertiary/aromatic N) is 4. The van der Waals surface area contributed by atoms with Gasteiger partial charge in [0.05, 0.1) is 17.0 Å². The Hall–Kier alpha value is -3.70. The summed E-state index contributed by atoms with van der Waals surface area (Å²) in [5, 5.41) is 20.8. The van der Waals surface area contributed by atoms with Crippen molar-refractivity contribution in [1.82, 2.24) is 19.9 Å². The number of ether oxygens (including phenoxy) is 1. The molecular formula is C16H12F3N5O4. The fraction of sp³-hybridized carbons (Fsp3) is 0.188. The summed E-state index contributed by atoms with van der Waals surface area (Å²) in [5.74, 6) is -0.632. The molecule has 1 N–H and O–H groups in total. The molecule has 0 aliphatic carbocycles. The van der Waals surface area contributed by atoms with E-state index in [9.17, 15) is 28.1 Å². The van der Waals surface area contributed by atoms with Gasteiger partial charge in [-0.3, -0.25) is 19.3 Å². The maximum Gasteiger partial charge on any atom is 0.417 e. The van der Waals surface area contributed by atoms with E-state index in [4.69, 9.17) is 4.74 Å². The van der Waals surface area contributed by atoms with E-state index in [1.807, 2.05) is 0 Å². The van der Waals surface area contributed by atoms with Gasteiger partial charge < -0.3 is 10.1 Å². The van der Waals surface area contributed by atoms with Crippen molar-refractivity contribution in [1.29, 1.82) is 0 Å². The first-order valence-corrected chi connectivity index (χ1v) is 7.79. The van der Waals surface area contributed by atoms with Crippen molar-refractivity contribution in [3.05, 3.63) is 64.1 Å². The van der Waals surface area contributed by atoms with Gasteiger partial charge in [0.25, 0.3) is 5.91 Å². The van der Waals surface area contributed by atoms with Crippen LogP contribution >= 0.6 is 0 Å². The predicted molar refractivity (Wildman–Crippen MR) is 88.4 cm³/mol. The van der Waals surface area contributed by atoms with Gasteiger partial charge in [0, 0.05) is 12.3 Å². The molecule has 3 rings (SSSR count). The average Bonchev–Trinajstić information content (AvgIpc) is 3.06. The van der Waals surface area contributed by atoms with Crippen molar-refractivity contribution >= 4 is 17.2 Å². The third-order valence-electron chi connectivity index (χ3n) is 3.66. The molecule has 9 nitrogen and oxygen atoms in total. The summed E-state index contributed by atoms with van der Waals surface area (Å²) < 4.78 is 44.7. The van der Waals surface area contributed by atoms with Crippen LogP contribution in [0.25, 0.3) is 5.65 Å². The fourth-order valence-corrected chi connectivity index (χ4v) is 2.33. The molecule has 0 bridgehead atoms. The second kappa shape index (κ2) is 7.50. The quantitative estimate of drug-likeness (QED) is 0.507. The van der Waals surface area contributed by atoms with Crippen LogP contribution in [0, 0.1) is 10.1 Å². The lowest BCUT2D eigenvalue weighted by molar-refractivity contribution is -0.385. The summed E-state index contributed by atoms with van der Waals surface area (Å²) in [7, 11) is 0. The number of fused-ring (bicyclic) bond motifs is 1. The molecule has 0 atom stereocenters. The van der Waals surface area contributed by atoms with Crippen molar-refractivity contribution in [3.63, 3.8) is 0 Å². The van der Waals surface area contributed by atoms with Crippen LogP contribution in [0.2, 0.25) is 0 Å². The number of hydrogen-bond donors (Lipinski definition) is 1. The average molecular weight is 395 g/mol. The Balaban J connectivity index is 1.64. The zero-order chi connectivity index (χ0) is 20.3. The summed E-state index contributed by atoms with van der Waals surface area (Å²) in [6.45, 7) is -0.725. The number of amides is 1. The summed E-state index contributed by atoms with van der Waals surface area (Å²) in [6, 6.07) is 7.59. The SMILES string of the molecule is O=C(COc1ccccc1[N+](=O)[O-])NCc1nnc2ccc(C(F)(F)F)cn12. The lowest BCUT2D eigenvalue weighted by Crippen LogP contribution is -2.29. The minimum absolute atomic E-state index is 0.0783. The zero-order valence-electron chi connectivity index (χ0n) is 14.0. The number of halogens is 3. The number of carbonyl (C=O) groups is 1. The molecule has 0 fully saturated rings. The molecule has 0 radical (unpaired) electrons. The number of pyridine rings is 1. The molecule has 0 spiro atoms. The van der Waals surface area contributed by atoms with E-state index in [1.54, 1.807) is 0 Å². The van der Waals surface area contributed by atoms with Crippen molar-refractivity contribution in [3.8, 4) is 5.75 Å². The highest BCUT2D eigenvalue weighted by Gasteiger charge is 2.31. The lowest BCUT2D eigenvalue weighted by Gasteiger charge is -2.09. The number of para-hydroxylation sites is 2. The highest BCUT2D eigenvalue weighted by molar-refractivity contribution is 5.77. The molecule has 1 amide bonds. The first-order valence-electron chi connectivity index (χ1n) is 7.79. The summed E-state index contributed by atoms with van der Waals surface area (Å²) in [4.78, 5) is 22.2. The molecule has 2 aromatic heterocycles. The van der Waals surface area contributed by atoms with Gasteiger partial charge in [-0.05, 0) is 18.2 Å². The Bertz CT molecular complexity index is 1030. The maximum absolute atomic E-state index is 12.8. The molecular weight excluding hydrogens is 383 g/mol. The minimum Gasteiger partial charge on any atom is -0.477 e. The van der Waals surface area contributed by atoms with Crippen molar-refractivity contribution in [2.45, 2.75) is 12.7 Å². The largest absolute Gasteiger partial charge is 0.477 e. The van der Waals surface area contributed by atoms with Crippen LogP contribution in [0.15, 0.2) is 42.6 Å². The van der Waals surface area contributed by atoms with Crippen molar-refractivity contribution in [2.75, 3.05) is 6.61 Å². The maximum atomic E-state index is 12.8. The van der Waals surface area contributed by atoms with E-state index in [2.05, 4.69) is 15.5 Å². The number of rotatable bonds is 6. The first kappa shape index (κ1) is 19.1. The van der Waals surface area contributed by atoms with Crippen molar-refractivity contribution in [2.24, 2.45) is 0 Å². The fourth-order valence-electron chi connectivity index (χ4n) is 2.33. The van der Waals surface area contributed by atoms with Gasteiger partial charge in [-0.1, -0.05) is 12.1 Å². The Morgan fingerprint density at radius 3 is 2.68 bits per heavy atom. The van der Waals surface area contributed by atoms with E-state index >= 15 is 0 Å². The number of hydrogen-bond acceptors (Lipinski definition) is 6. The van der Waals surface area contributed by atoms with E-state index < -0.39 is 29.2 Å².